The van der Waals surface area contributed by atoms with Crippen LogP contribution in [0.4, 0.5) is 11.5 Å². The zero-order valence-electron chi connectivity index (χ0n) is 11.6. The molecular formula is C15H16BrN3O. The predicted molar refractivity (Wildman–Crippen MR) is 85.4 cm³/mol. The minimum absolute atomic E-state index is 0.150. The van der Waals surface area contributed by atoms with Crippen LogP contribution in [0, 0.1) is 13.8 Å². The summed E-state index contributed by atoms with van der Waals surface area (Å²) in [6, 6.07) is 7.55. The van der Waals surface area contributed by atoms with Gasteiger partial charge in [-0.1, -0.05) is 0 Å². The summed E-state index contributed by atoms with van der Waals surface area (Å²) in [5, 5.41) is 5.89. The Balaban J connectivity index is 2.24. The van der Waals surface area contributed by atoms with E-state index >= 15 is 0 Å². The standard InChI is InChI=1S/C15H16BrN3O/c1-9-7-12(17-3)4-5-13(9)15(20)19-14-10(2)6-11(16)8-18-14/h4-8,17H,1-3H3,(H,18,19,20). The Morgan fingerprint density at radius 2 is 1.95 bits per heavy atom. The zero-order valence-corrected chi connectivity index (χ0v) is 13.2. The Kier molecular flexibility index (Phi) is 4.39. The number of rotatable bonds is 3. The number of pyridine rings is 1. The van der Waals surface area contributed by atoms with Gasteiger partial charge in [0.25, 0.3) is 5.91 Å². The Bertz CT molecular complexity index is 656. The molecule has 0 fully saturated rings. The predicted octanol–water partition coefficient (Wildman–Crippen LogP) is 3.75. The lowest BCUT2D eigenvalue weighted by Crippen LogP contribution is -2.15. The Hall–Kier alpha value is -1.88. The highest BCUT2D eigenvalue weighted by Crippen LogP contribution is 2.19. The third kappa shape index (κ3) is 3.17. The summed E-state index contributed by atoms with van der Waals surface area (Å²) in [5.41, 5.74) is 3.46. The number of amides is 1. The number of carbonyl (C=O) groups is 1. The summed E-state index contributed by atoms with van der Waals surface area (Å²) in [6.07, 6.45) is 1.67. The van der Waals surface area contributed by atoms with Gasteiger partial charge in [-0.15, -0.1) is 0 Å². The summed E-state index contributed by atoms with van der Waals surface area (Å²) < 4.78 is 0.891. The van der Waals surface area contributed by atoms with Crippen LogP contribution in [0.15, 0.2) is 34.9 Å². The van der Waals surface area contributed by atoms with E-state index in [1.54, 1.807) is 6.20 Å². The maximum atomic E-state index is 12.3. The molecular weight excluding hydrogens is 318 g/mol. The molecule has 0 aliphatic heterocycles. The number of benzene rings is 1. The molecule has 1 heterocycles. The zero-order chi connectivity index (χ0) is 14.7. The van der Waals surface area contributed by atoms with Gasteiger partial charge in [-0.3, -0.25) is 4.79 Å². The molecule has 20 heavy (non-hydrogen) atoms. The summed E-state index contributed by atoms with van der Waals surface area (Å²) in [7, 11) is 1.85. The minimum atomic E-state index is -0.150. The van der Waals surface area contributed by atoms with E-state index < -0.39 is 0 Å². The van der Waals surface area contributed by atoms with Crippen molar-refractivity contribution in [3.63, 3.8) is 0 Å². The van der Waals surface area contributed by atoms with Crippen molar-refractivity contribution in [2.75, 3.05) is 17.7 Å². The Labute approximate surface area is 126 Å². The largest absolute Gasteiger partial charge is 0.388 e. The third-order valence-corrected chi connectivity index (χ3v) is 3.47. The second-order valence-corrected chi connectivity index (χ2v) is 5.47. The van der Waals surface area contributed by atoms with E-state index in [4.69, 9.17) is 0 Å². The van der Waals surface area contributed by atoms with Gasteiger partial charge in [-0.2, -0.15) is 0 Å². The number of nitrogens with zero attached hydrogens (tertiary/aromatic N) is 1. The molecule has 0 atom stereocenters. The monoisotopic (exact) mass is 333 g/mol. The molecule has 2 rings (SSSR count). The quantitative estimate of drug-likeness (QED) is 0.899. The first kappa shape index (κ1) is 14.5. The molecule has 0 saturated carbocycles. The number of anilines is 2. The van der Waals surface area contributed by atoms with Gasteiger partial charge in [0.1, 0.15) is 5.82 Å². The van der Waals surface area contributed by atoms with Crippen LogP contribution >= 0.6 is 15.9 Å². The van der Waals surface area contributed by atoms with Crippen molar-refractivity contribution < 1.29 is 4.79 Å². The van der Waals surface area contributed by atoms with Crippen LogP contribution in [0.1, 0.15) is 21.5 Å². The van der Waals surface area contributed by atoms with E-state index in [-0.39, 0.29) is 5.91 Å². The number of halogens is 1. The SMILES string of the molecule is CNc1ccc(C(=O)Nc2ncc(Br)cc2C)c(C)c1. The molecule has 104 valence electrons. The third-order valence-electron chi connectivity index (χ3n) is 3.04. The number of aromatic nitrogens is 1. The molecule has 0 aliphatic rings. The molecule has 0 bridgehead atoms. The van der Waals surface area contributed by atoms with E-state index in [1.807, 2.05) is 45.2 Å². The van der Waals surface area contributed by atoms with Gasteiger partial charge in [-0.05, 0) is 65.2 Å². The fourth-order valence-electron chi connectivity index (χ4n) is 1.92. The van der Waals surface area contributed by atoms with Gasteiger partial charge in [0.05, 0.1) is 0 Å². The molecule has 0 unspecified atom stereocenters. The van der Waals surface area contributed by atoms with E-state index in [1.165, 1.54) is 0 Å². The maximum Gasteiger partial charge on any atom is 0.257 e. The fraction of sp³-hybridized carbons (Fsp3) is 0.200. The highest BCUT2D eigenvalue weighted by atomic mass is 79.9. The lowest BCUT2D eigenvalue weighted by atomic mass is 10.1. The second kappa shape index (κ2) is 6.05. The van der Waals surface area contributed by atoms with Crippen molar-refractivity contribution in [1.29, 1.82) is 0 Å². The van der Waals surface area contributed by atoms with E-state index in [0.717, 1.165) is 21.3 Å². The molecule has 1 aromatic heterocycles. The van der Waals surface area contributed by atoms with Gasteiger partial charge in [0, 0.05) is 29.0 Å². The molecule has 4 nitrogen and oxygen atoms in total. The number of nitrogens with one attached hydrogen (secondary N) is 2. The maximum absolute atomic E-state index is 12.3. The van der Waals surface area contributed by atoms with E-state index in [2.05, 4.69) is 31.5 Å². The molecule has 0 aliphatic carbocycles. The van der Waals surface area contributed by atoms with Gasteiger partial charge < -0.3 is 10.6 Å². The van der Waals surface area contributed by atoms with Crippen LogP contribution in [0.5, 0.6) is 0 Å². The summed E-state index contributed by atoms with van der Waals surface area (Å²) in [4.78, 5) is 16.5. The molecule has 5 heteroatoms. The minimum Gasteiger partial charge on any atom is -0.388 e. The van der Waals surface area contributed by atoms with Crippen LogP contribution < -0.4 is 10.6 Å². The first-order valence-corrected chi connectivity index (χ1v) is 7.02. The number of aryl methyl sites for hydroxylation is 2. The molecule has 2 N–H and O–H groups in total. The van der Waals surface area contributed by atoms with Crippen LogP contribution in [0.3, 0.4) is 0 Å². The lowest BCUT2D eigenvalue weighted by Gasteiger charge is -2.10. The average molecular weight is 334 g/mol. The van der Waals surface area contributed by atoms with Gasteiger partial charge in [-0.25, -0.2) is 4.98 Å². The van der Waals surface area contributed by atoms with Crippen molar-refractivity contribution in [3.8, 4) is 0 Å². The Morgan fingerprint density at radius 3 is 2.55 bits per heavy atom. The fourth-order valence-corrected chi connectivity index (χ4v) is 2.37. The lowest BCUT2D eigenvalue weighted by molar-refractivity contribution is 0.102. The molecule has 1 amide bonds. The van der Waals surface area contributed by atoms with Crippen molar-refractivity contribution in [2.24, 2.45) is 0 Å². The van der Waals surface area contributed by atoms with Gasteiger partial charge in [0.2, 0.25) is 0 Å². The van der Waals surface area contributed by atoms with Crippen LogP contribution in [0.25, 0.3) is 0 Å². The topological polar surface area (TPSA) is 54.0 Å². The van der Waals surface area contributed by atoms with Gasteiger partial charge in [0.15, 0.2) is 0 Å². The molecule has 1 aromatic carbocycles. The molecule has 0 radical (unpaired) electrons. The smallest absolute Gasteiger partial charge is 0.257 e. The first-order valence-electron chi connectivity index (χ1n) is 6.23. The number of hydrogen-bond donors (Lipinski definition) is 2. The first-order chi connectivity index (χ1) is 9.51. The van der Waals surface area contributed by atoms with Crippen molar-refractivity contribution in [2.45, 2.75) is 13.8 Å². The molecule has 0 spiro atoms. The molecule has 2 aromatic rings. The number of carbonyl (C=O) groups excluding carboxylic acids is 1. The van der Waals surface area contributed by atoms with Crippen molar-refractivity contribution in [3.05, 3.63) is 51.6 Å². The summed E-state index contributed by atoms with van der Waals surface area (Å²) in [5.74, 6) is 0.429. The normalized spacial score (nSPS) is 10.2. The van der Waals surface area contributed by atoms with E-state index in [9.17, 15) is 4.79 Å². The van der Waals surface area contributed by atoms with Gasteiger partial charge >= 0.3 is 0 Å². The summed E-state index contributed by atoms with van der Waals surface area (Å²) in [6.45, 7) is 3.82. The highest BCUT2D eigenvalue weighted by Gasteiger charge is 2.11. The van der Waals surface area contributed by atoms with Crippen LogP contribution in [-0.2, 0) is 0 Å². The van der Waals surface area contributed by atoms with Crippen molar-refractivity contribution in [1.82, 2.24) is 4.98 Å². The van der Waals surface area contributed by atoms with E-state index in [0.29, 0.717) is 11.4 Å². The average Bonchev–Trinajstić information content (AvgIpc) is 2.41. The van der Waals surface area contributed by atoms with Crippen molar-refractivity contribution >= 4 is 33.3 Å². The van der Waals surface area contributed by atoms with Crippen LogP contribution in [-0.4, -0.2) is 17.9 Å². The Morgan fingerprint density at radius 1 is 1.20 bits per heavy atom. The highest BCUT2D eigenvalue weighted by molar-refractivity contribution is 9.10. The number of hydrogen-bond acceptors (Lipinski definition) is 3. The van der Waals surface area contributed by atoms with Crippen LogP contribution in [0.2, 0.25) is 0 Å². The second-order valence-electron chi connectivity index (χ2n) is 4.55. The molecule has 0 saturated heterocycles. The summed E-state index contributed by atoms with van der Waals surface area (Å²) >= 11 is 3.35.